The Labute approximate surface area is 205 Å². The van der Waals surface area contributed by atoms with Gasteiger partial charge in [-0.25, -0.2) is 9.98 Å². The molecule has 0 radical (unpaired) electrons. The number of morpholine rings is 1. The number of carbonyl (C=O) groups is 1. The third kappa shape index (κ3) is 5.68. The summed E-state index contributed by atoms with van der Waals surface area (Å²) in [6.45, 7) is 7.94. The largest absolute Gasteiger partial charge is 0.378 e. The number of amides is 1. The molecular weight excluding hydrogens is 523 g/mol. The number of aryl methyl sites for hydroxylation is 1. The highest BCUT2D eigenvalue weighted by Crippen LogP contribution is 2.20. The first-order chi connectivity index (χ1) is 15.2. The van der Waals surface area contributed by atoms with Crippen molar-refractivity contribution in [1.29, 1.82) is 0 Å². The van der Waals surface area contributed by atoms with Crippen LogP contribution in [0.4, 0.5) is 11.5 Å². The van der Waals surface area contributed by atoms with Gasteiger partial charge in [0.05, 0.1) is 31.6 Å². The minimum atomic E-state index is 0. The highest BCUT2D eigenvalue weighted by molar-refractivity contribution is 14.0. The van der Waals surface area contributed by atoms with Crippen LogP contribution in [0.1, 0.15) is 12.5 Å². The van der Waals surface area contributed by atoms with Crippen LogP contribution in [0.2, 0.25) is 0 Å². The molecule has 0 bridgehead atoms. The van der Waals surface area contributed by atoms with Gasteiger partial charge in [-0.3, -0.25) is 9.48 Å². The highest BCUT2D eigenvalue weighted by atomic mass is 127. The van der Waals surface area contributed by atoms with Crippen molar-refractivity contribution in [2.24, 2.45) is 12.0 Å². The molecule has 10 nitrogen and oxygen atoms in total. The Hall–Kier alpha value is -2.41. The smallest absolute Gasteiger partial charge is 0.246 e. The summed E-state index contributed by atoms with van der Waals surface area (Å²) in [5, 5.41) is 7.51. The fourth-order valence-corrected chi connectivity index (χ4v) is 3.87. The van der Waals surface area contributed by atoms with Gasteiger partial charge < -0.3 is 24.8 Å². The lowest BCUT2D eigenvalue weighted by Gasteiger charge is -2.35. The molecule has 4 heterocycles. The zero-order valence-corrected chi connectivity index (χ0v) is 20.9. The van der Waals surface area contributed by atoms with E-state index in [2.05, 4.69) is 26.4 Å². The summed E-state index contributed by atoms with van der Waals surface area (Å²) in [7, 11) is 1.85. The maximum atomic E-state index is 12.8. The van der Waals surface area contributed by atoms with Gasteiger partial charge in [-0.1, -0.05) is 6.07 Å². The summed E-state index contributed by atoms with van der Waals surface area (Å²) >= 11 is 0. The van der Waals surface area contributed by atoms with Gasteiger partial charge in [0, 0.05) is 57.7 Å². The number of nitrogens with zero attached hydrogens (tertiary/aromatic N) is 7. The summed E-state index contributed by atoms with van der Waals surface area (Å²) in [4.78, 5) is 28.3. The van der Waals surface area contributed by atoms with Gasteiger partial charge in [-0.2, -0.15) is 5.10 Å². The van der Waals surface area contributed by atoms with E-state index in [1.807, 2.05) is 37.3 Å². The molecule has 1 N–H and O–H groups in total. The number of carbonyl (C=O) groups excluding carboxylic acids is 1. The van der Waals surface area contributed by atoms with Crippen molar-refractivity contribution in [2.75, 3.05) is 62.3 Å². The Kier molecular flexibility index (Phi) is 8.67. The maximum absolute atomic E-state index is 12.8. The molecule has 0 atom stereocenters. The number of halogens is 1. The average Bonchev–Trinajstić information content (AvgIpc) is 3.23. The van der Waals surface area contributed by atoms with Gasteiger partial charge >= 0.3 is 0 Å². The van der Waals surface area contributed by atoms with E-state index >= 15 is 0 Å². The van der Waals surface area contributed by atoms with Crippen LogP contribution in [-0.4, -0.2) is 84.0 Å². The number of aliphatic imine (C=N–C) groups is 1. The zero-order chi connectivity index (χ0) is 21.6. The van der Waals surface area contributed by atoms with Crippen molar-refractivity contribution in [1.82, 2.24) is 25.0 Å². The van der Waals surface area contributed by atoms with Gasteiger partial charge in [0.25, 0.3) is 0 Å². The standard InChI is InChI=1S/C21H30N8O2.HI/c1-3-22-21(28-7-8-29(19(30)16-28)18-14-25-26(2)15-18)24-13-17-5-4-6-23-20(17)27-9-11-31-12-10-27;/h4-6,14-15H,3,7-13,16H2,1-2H3,(H,22,24);1H. The van der Waals surface area contributed by atoms with Crippen molar-refractivity contribution in [3.8, 4) is 0 Å². The molecule has 2 aromatic rings. The molecule has 0 aromatic carbocycles. The minimum absolute atomic E-state index is 0. The van der Waals surface area contributed by atoms with Crippen molar-refractivity contribution in [3.63, 3.8) is 0 Å². The van der Waals surface area contributed by atoms with E-state index in [1.165, 1.54) is 0 Å². The maximum Gasteiger partial charge on any atom is 0.246 e. The average molecular weight is 554 g/mol. The molecule has 2 saturated heterocycles. The molecular formula is C21H31IN8O2. The zero-order valence-electron chi connectivity index (χ0n) is 18.6. The number of guanidine groups is 1. The topological polar surface area (TPSA) is 91.1 Å². The number of nitrogens with one attached hydrogen (secondary N) is 1. The second-order valence-electron chi connectivity index (χ2n) is 7.59. The number of rotatable bonds is 5. The van der Waals surface area contributed by atoms with Gasteiger partial charge in [0.2, 0.25) is 5.91 Å². The summed E-state index contributed by atoms with van der Waals surface area (Å²) < 4.78 is 7.18. The first-order valence-corrected chi connectivity index (χ1v) is 10.7. The van der Waals surface area contributed by atoms with Crippen LogP contribution in [0.5, 0.6) is 0 Å². The van der Waals surface area contributed by atoms with E-state index in [1.54, 1.807) is 15.8 Å². The third-order valence-electron chi connectivity index (χ3n) is 5.44. The van der Waals surface area contributed by atoms with Crippen molar-refractivity contribution in [2.45, 2.75) is 13.5 Å². The summed E-state index contributed by atoms with van der Waals surface area (Å²) in [5.41, 5.74) is 1.90. The number of hydrogen-bond acceptors (Lipinski definition) is 6. The van der Waals surface area contributed by atoms with E-state index in [0.29, 0.717) is 32.8 Å². The Morgan fingerprint density at radius 1 is 1.25 bits per heavy atom. The van der Waals surface area contributed by atoms with E-state index < -0.39 is 0 Å². The second-order valence-corrected chi connectivity index (χ2v) is 7.59. The fraction of sp³-hybridized carbons (Fsp3) is 0.524. The molecule has 1 amide bonds. The minimum Gasteiger partial charge on any atom is -0.378 e. The van der Waals surface area contributed by atoms with E-state index in [-0.39, 0.29) is 36.4 Å². The quantitative estimate of drug-likeness (QED) is 0.336. The first-order valence-electron chi connectivity index (χ1n) is 10.7. The van der Waals surface area contributed by atoms with Crippen molar-refractivity contribution >= 4 is 47.3 Å². The molecule has 0 saturated carbocycles. The molecule has 2 aliphatic rings. The Bertz CT molecular complexity index is 928. The molecule has 4 rings (SSSR count). The molecule has 0 spiro atoms. The second kappa shape index (κ2) is 11.5. The first kappa shape index (κ1) is 24.2. The van der Waals surface area contributed by atoms with Crippen LogP contribution in [0.25, 0.3) is 0 Å². The third-order valence-corrected chi connectivity index (χ3v) is 5.44. The number of ether oxygens (including phenoxy) is 1. The number of aromatic nitrogens is 3. The van der Waals surface area contributed by atoms with E-state index in [4.69, 9.17) is 9.73 Å². The molecule has 2 aromatic heterocycles. The number of pyridine rings is 1. The van der Waals surface area contributed by atoms with Gasteiger partial charge in [-0.05, 0) is 13.0 Å². The number of anilines is 2. The van der Waals surface area contributed by atoms with Crippen LogP contribution in [0, 0.1) is 0 Å². The van der Waals surface area contributed by atoms with E-state index in [0.717, 1.165) is 42.7 Å². The summed E-state index contributed by atoms with van der Waals surface area (Å²) in [6, 6.07) is 4.01. The fourth-order valence-electron chi connectivity index (χ4n) is 3.87. The van der Waals surface area contributed by atoms with Crippen molar-refractivity contribution in [3.05, 3.63) is 36.3 Å². The molecule has 11 heteroatoms. The van der Waals surface area contributed by atoms with Gasteiger partial charge in [0.1, 0.15) is 12.4 Å². The van der Waals surface area contributed by atoms with Crippen molar-refractivity contribution < 1.29 is 9.53 Å². The molecule has 2 fully saturated rings. The summed E-state index contributed by atoms with van der Waals surface area (Å²) in [5.74, 6) is 1.75. The van der Waals surface area contributed by atoms with Crippen LogP contribution >= 0.6 is 24.0 Å². The van der Waals surface area contributed by atoms with E-state index in [9.17, 15) is 4.79 Å². The monoisotopic (exact) mass is 554 g/mol. The van der Waals surface area contributed by atoms with Crippen LogP contribution in [-0.2, 0) is 23.1 Å². The van der Waals surface area contributed by atoms with Gasteiger partial charge in [-0.15, -0.1) is 24.0 Å². The normalized spacial score (nSPS) is 17.4. The lowest BCUT2D eigenvalue weighted by molar-refractivity contribution is -0.120. The highest BCUT2D eigenvalue weighted by Gasteiger charge is 2.27. The molecule has 0 unspecified atom stereocenters. The number of piperazine rings is 1. The Balaban J connectivity index is 0.00000289. The van der Waals surface area contributed by atoms with Crippen LogP contribution in [0.15, 0.2) is 35.7 Å². The predicted octanol–water partition coefficient (Wildman–Crippen LogP) is 1.08. The number of hydrogen-bond donors (Lipinski definition) is 1. The molecule has 2 aliphatic heterocycles. The predicted molar refractivity (Wildman–Crippen MR) is 135 cm³/mol. The SMILES string of the molecule is CCNC(=NCc1cccnc1N1CCOCC1)N1CCN(c2cnn(C)c2)C(=O)C1.I. The molecule has 0 aliphatic carbocycles. The lowest BCUT2D eigenvalue weighted by Crippen LogP contribution is -2.55. The Morgan fingerprint density at radius 3 is 2.75 bits per heavy atom. The molecule has 32 heavy (non-hydrogen) atoms. The molecule has 174 valence electrons. The van der Waals surface area contributed by atoms with Crippen LogP contribution < -0.4 is 15.1 Å². The summed E-state index contributed by atoms with van der Waals surface area (Å²) in [6.07, 6.45) is 5.41. The Morgan fingerprint density at radius 2 is 2.06 bits per heavy atom. The lowest BCUT2D eigenvalue weighted by atomic mass is 10.2. The van der Waals surface area contributed by atoms with Gasteiger partial charge in [0.15, 0.2) is 5.96 Å². The van der Waals surface area contributed by atoms with Crippen LogP contribution in [0.3, 0.4) is 0 Å².